The van der Waals surface area contributed by atoms with Crippen molar-refractivity contribution >= 4 is 45.5 Å². The van der Waals surface area contributed by atoms with Crippen molar-refractivity contribution in [1.82, 2.24) is 4.98 Å². The number of hydrogen-bond donors (Lipinski definition) is 3. The van der Waals surface area contributed by atoms with Gasteiger partial charge in [-0.3, -0.25) is 0 Å². The van der Waals surface area contributed by atoms with Crippen LogP contribution in [0.4, 0.5) is 9.93 Å². The topological polar surface area (TPSA) is 103 Å². The largest absolute Gasteiger partial charge is 0.410 e. The van der Waals surface area contributed by atoms with Crippen LogP contribution in [0.1, 0.15) is 10.4 Å². The Kier molecular flexibility index (Phi) is 6.33. The lowest BCUT2D eigenvalue weighted by molar-refractivity contribution is 0.210. The van der Waals surface area contributed by atoms with Gasteiger partial charge in [-0.1, -0.05) is 35.1 Å². The van der Waals surface area contributed by atoms with E-state index in [1.165, 1.54) is 11.3 Å². The van der Waals surface area contributed by atoms with Crippen molar-refractivity contribution in [3.05, 3.63) is 51.3 Å². The molecule has 0 aliphatic rings. The van der Waals surface area contributed by atoms with E-state index in [9.17, 15) is 4.79 Å². The highest BCUT2D eigenvalue weighted by Gasteiger charge is 2.11. The molecule has 9 heteroatoms. The molecular weight excluding hydrogens is 404 g/mol. The molecule has 5 N–H and O–H groups in total. The summed E-state index contributed by atoms with van der Waals surface area (Å²) >= 11 is 9.00. The number of aromatic nitrogens is 1. The summed E-state index contributed by atoms with van der Waals surface area (Å²) in [6, 6.07) is 9.45. The summed E-state index contributed by atoms with van der Waals surface area (Å²) in [4.78, 5) is 17.5. The number of carbonyl (C=O) groups excluding carboxylic acids is 1. The molecular formula is C18H19ClN4O2S2. The average molecular weight is 423 g/mol. The van der Waals surface area contributed by atoms with Crippen LogP contribution in [0, 0.1) is 6.92 Å². The Hall–Kier alpha value is -2.13. The first-order valence-electron chi connectivity index (χ1n) is 8.18. The average Bonchev–Trinajstić information content (AvgIpc) is 3.24. The van der Waals surface area contributed by atoms with Gasteiger partial charge in [0.1, 0.15) is 5.75 Å². The normalized spacial score (nSPS) is 12.0. The van der Waals surface area contributed by atoms with Crippen molar-refractivity contribution in [1.29, 1.82) is 0 Å². The molecule has 1 atom stereocenters. The van der Waals surface area contributed by atoms with Gasteiger partial charge < -0.3 is 21.5 Å². The van der Waals surface area contributed by atoms with Crippen molar-refractivity contribution in [3.8, 4) is 16.2 Å². The van der Waals surface area contributed by atoms with Gasteiger partial charge >= 0.3 is 6.09 Å². The molecule has 0 spiro atoms. The summed E-state index contributed by atoms with van der Waals surface area (Å²) in [5.41, 5.74) is 13.0. The number of carbonyl (C=O) groups is 1. The number of amides is 1. The zero-order chi connectivity index (χ0) is 19.4. The lowest BCUT2D eigenvalue weighted by Gasteiger charge is -2.10. The van der Waals surface area contributed by atoms with E-state index in [1.807, 2.05) is 31.2 Å². The Labute approximate surface area is 170 Å². The molecule has 0 bridgehead atoms. The molecule has 0 saturated heterocycles. The second-order valence-corrected chi connectivity index (χ2v) is 8.81. The summed E-state index contributed by atoms with van der Waals surface area (Å²) in [6.45, 7) is 2.45. The van der Waals surface area contributed by atoms with Crippen LogP contribution < -0.4 is 21.5 Å². The summed E-state index contributed by atoms with van der Waals surface area (Å²) in [7, 11) is 0. The number of benzene rings is 1. The number of nitrogens with one attached hydrogen (secondary N) is 1. The highest BCUT2D eigenvalue weighted by atomic mass is 35.5. The van der Waals surface area contributed by atoms with Crippen LogP contribution in [-0.4, -0.2) is 23.7 Å². The summed E-state index contributed by atoms with van der Waals surface area (Å²) in [6.07, 6.45) is 1.70. The van der Waals surface area contributed by atoms with E-state index < -0.39 is 6.09 Å². The Bertz CT molecular complexity index is 941. The maximum absolute atomic E-state index is 11.0. The maximum atomic E-state index is 11.0. The predicted molar refractivity (Wildman–Crippen MR) is 112 cm³/mol. The fourth-order valence-electron chi connectivity index (χ4n) is 2.47. The molecule has 0 aliphatic heterocycles. The van der Waals surface area contributed by atoms with Gasteiger partial charge in [-0.2, -0.15) is 0 Å². The number of nitrogens with two attached hydrogens (primary N) is 2. The SMILES string of the molecule is Cc1ccc(-c2cnc(NC[C@@H](N)Cc3ccc(Cl)s3)s2)cc1OC(N)=O. The van der Waals surface area contributed by atoms with Gasteiger partial charge in [-0.05, 0) is 42.7 Å². The molecule has 0 unspecified atom stereocenters. The van der Waals surface area contributed by atoms with Gasteiger partial charge in [-0.15, -0.1) is 11.3 Å². The minimum Gasteiger partial charge on any atom is -0.410 e. The first-order valence-corrected chi connectivity index (χ1v) is 10.2. The second kappa shape index (κ2) is 8.71. The van der Waals surface area contributed by atoms with Crippen LogP contribution >= 0.6 is 34.3 Å². The van der Waals surface area contributed by atoms with E-state index >= 15 is 0 Å². The third-order valence-electron chi connectivity index (χ3n) is 3.80. The van der Waals surface area contributed by atoms with E-state index in [4.69, 9.17) is 27.8 Å². The van der Waals surface area contributed by atoms with Gasteiger partial charge in [0.05, 0.1) is 9.21 Å². The standard InChI is InChI=1S/C18H19ClN4O2S2/c1-10-2-3-11(6-14(10)25-17(21)24)15-9-23-18(27-15)22-8-12(20)7-13-4-5-16(19)26-13/h2-6,9,12H,7-8,20H2,1H3,(H2,21,24)(H,22,23)/t12-/m0/s1. The molecule has 1 aromatic carbocycles. The number of anilines is 1. The molecule has 1 amide bonds. The van der Waals surface area contributed by atoms with Gasteiger partial charge in [0.15, 0.2) is 5.13 Å². The van der Waals surface area contributed by atoms with Crippen molar-refractivity contribution in [2.45, 2.75) is 19.4 Å². The molecule has 0 saturated carbocycles. The van der Waals surface area contributed by atoms with E-state index in [0.717, 1.165) is 36.8 Å². The quantitative estimate of drug-likeness (QED) is 0.527. The minimum atomic E-state index is -0.831. The predicted octanol–water partition coefficient (Wildman–Crippen LogP) is 4.27. The number of aryl methyl sites for hydroxylation is 1. The number of primary amides is 1. The molecule has 2 aromatic heterocycles. The van der Waals surface area contributed by atoms with Crippen molar-refractivity contribution in [2.75, 3.05) is 11.9 Å². The third-order valence-corrected chi connectivity index (χ3v) is 6.05. The monoisotopic (exact) mass is 422 g/mol. The Balaban J connectivity index is 1.62. The molecule has 3 rings (SSSR count). The number of thiophene rings is 1. The van der Waals surface area contributed by atoms with Crippen molar-refractivity contribution < 1.29 is 9.53 Å². The number of halogens is 1. The first kappa shape index (κ1) is 19.6. The number of rotatable bonds is 7. The summed E-state index contributed by atoms with van der Waals surface area (Å²) < 4.78 is 5.80. The molecule has 3 aromatic rings. The molecule has 0 fully saturated rings. The maximum Gasteiger partial charge on any atom is 0.409 e. The van der Waals surface area contributed by atoms with E-state index in [0.29, 0.717) is 12.3 Å². The number of hydrogen-bond acceptors (Lipinski definition) is 7. The fourth-order valence-corrected chi connectivity index (χ4v) is 4.47. The van der Waals surface area contributed by atoms with Crippen molar-refractivity contribution in [2.24, 2.45) is 11.5 Å². The van der Waals surface area contributed by atoms with E-state index in [2.05, 4.69) is 10.3 Å². The van der Waals surface area contributed by atoms with Gasteiger partial charge in [0.2, 0.25) is 0 Å². The fraction of sp³-hybridized carbons (Fsp3) is 0.222. The van der Waals surface area contributed by atoms with E-state index in [1.54, 1.807) is 23.6 Å². The van der Waals surface area contributed by atoms with Crippen LogP contribution in [0.2, 0.25) is 4.34 Å². The third kappa shape index (κ3) is 5.43. The van der Waals surface area contributed by atoms with E-state index in [-0.39, 0.29) is 6.04 Å². The molecule has 142 valence electrons. The highest BCUT2D eigenvalue weighted by Crippen LogP contribution is 2.32. The number of ether oxygens (including phenoxy) is 1. The van der Waals surface area contributed by atoms with Crippen LogP contribution in [-0.2, 0) is 6.42 Å². The smallest absolute Gasteiger partial charge is 0.409 e. The zero-order valence-electron chi connectivity index (χ0n) is 14.6. The Morgan fingerprint density at radius 2 is 2.15 bits per heavy atom. The molecule has 6 nitrogen and oxygen atoms in total. The zero-order valence-corrected chi connectivity index (χ0v) is 17.0. The molecule has 0 radical (unpaired) electrons. The Morgan fingerprint density at radius 3 is 2.85 bits per heavy atom. The Morgan fingerprint density at radius 1 is 1.33 bits per heavy atom. The lowest BCUT2D eigenvalue weighted by atomic mass is 10.1. The van der Waals surface area contributed by atoms with Crippen LogP contribution in [0.5, 0.6) is 5.75 Å². The summed E-state index contributed by atoms with van der Waals surface area (Å²) in [5, 5.41) is 4.05. The van der Waals surface area contributed by atoms with Crippen molar-refractivity contribution in [3.63, 3.8) is 0 Å². The lowest BCUT2D eigenvalue weighted by Crippen LogP contribution is -2.30. The second-order valence-electron chi connectivity index (χ2n) is 5.98. The van der Waals surface area contributed by atoms with Crippen LogP contribution in [0.25, 0.3) is 10.4 Å². The number of nitrogens with zero attached hydrogens (tertiary/aromatic N) is 1. The molecule has 2 heterocycles. The van der Waals surface area contributed by atoms with Crippen LogP contribution in [0.15, 0.2) is 36.5 Å². The molecule has 0 aliphatic carbocycles. The minimum absolute atomic E-state index is 0.0398. The first-order chi connectivity index (χ1) is 12.9. The highest BCUT2D eigenvalue weighted by molar-refractivity contribution is 7.18. The number of thiazole rings is 1. The van der Waals surface area contributed by atoms with Gasteiger partial charge in [0, 0.05) is 23.7 Å². The molecule has 27 heavy (non-hydrogen) atoms. The van der Waals surface area contributed by atoms with Crippen LogP contribution in [0.3, 0.4) is 0 Å². The van der Waals surface area contributed by atoms with Gasteiger partial charge in [-0.25, -0.2) is 9.78 Å². The van der Waals surface area contributed by atoms with Gasteiger partial charge in [0.25, 0.3) is 0 Å². The summed E-state index contributed by atoms with van der Waals surface area (Å²) in [5.74, 6) is 0.444.